The summed E-state index contributed by atoms with van der Waals surface area (Å²) in [6.45, 7) is 0. The van der Waals surface area contributed by atoms with E-state index in [1.165, 1.54) is 79.0 Å². The molecule has 0 bridgehead atoms. The SMILES string of the molecule is c1ccc2c(c1)sc1c(-c3cccc4c3sc3cc(-n5c6ccccc6c6ccccc65)ccc34)cccc12. The van der Waals surface area contributed by atoms with Gasteiger partial charge in [0.2, 0.25) is 0 Å². The first-order valence-corrected chi connectivity index (χ1v) is 14.8. The van der Waals surface area contributed by atoms with E-state index in [0.29, 0.717) is 0 Å². The van der Waals surface area contributed by atoms with Crippen molar-refractivity contribution < 1.29 is 0 Å². The molecule has 0 aliphatic carbocycles. The van der Waals surface area contributed by atoms with E-state index in [9.17, 15) is 0 Å². The molecule has 3 heteroatoms. The van der Waals surface area contributed by atoms with Gasteiger partial charge in [-0.3, -0.25) is 0 Å². The fraction of sp³-hybridized carbons (Fsp3) is 0. The van der Waals surface area contributed by atoms with Crippen LogP contribution in [-0.4, -0.2) is 4.57 Å². The maximum atomic E-state index is 2.41. The van der Waals surface area contributed by atoms with Gasteiger partial charge < -0.3 is 4.57 Å². The minimum absolute atomic E-state index is 1.21. The standard InChI is InChI=1S/C36H21NS2/c1-4-16-31-23(9-1)24-10-2-5-17-32(24)37(31)22-19-20-26-28-13-8-15-30(36(28)39-34(26)21-22)29-14-7-12-27-25-11-3-6-18-33(25)38-35(27)29/h1-21H. The zero-order chi connectivity index (χ0) is 25.5. The number of hydrogen-bond acceptors (Lipinski definition) is 2. The van der Waals surface area contributed by atoms with Gasteiger partial charge in [-0.2, -0.15) is 0 Å². The highest BCUT2D eigenvalue weighted by atomic mass is 32.1. The fourth-order valence-corrected chi connectivity index (χ4v) is 8.79. The number of fused-ring (bicyclic) bond motifs is 9. The summed E-state index contributed by atoms with van der Waals surface area (Å²) in [4.78, 5) is 0. The van der Waals surface area contributed by atoms with Gasteiger partial charge in [0.05, 0.1) is 11.0 Å². The van der Waals surface area contributed by atoms with Crippen molar-refractivity contribution in [2.45, 2.75) is 0 Å². The Bertz CT molecular complexity index is 2350. The van der Waals surface area contributed by atoms with Crippen LogP contribution in [0.4, 0.5) is 0 Å². The zero-order valence-corrected chi connectivity index (χ0v) is 22.5. The van der Waals surface area contributed by atoms with Crippen molar-refractivity contribution in [1.82, 2.24) is 4.57 Å². The second kappa shape index (κ2) is 8.03. The maximum absolute atomic E-state index is 2.41. The quantitative estimate of drug-likeness (QED) is 0.209. The molecule has 0 aliphatic heterocycles. The van der Waals surface area contributed by atoms with Crippen molar-refractivity contribution in [1.29, 1.82) is 0 Å². The Hall–Kier alpha value is -4.44. The summed E-state index contributed by atoms with van der Waals surface area (Å²) in [6.07, 6.45) is 0. The van der Waals surface area contributed by atoms with Crippen molar-refractivity contribution in [2.75, 3.05) is 0 Å². The lowest BCUT2D eigenvalue weighted by Crippen LogP contribution is -1.92. The van der Waals surface area contributed by atoms with Gasteiger partial charge in [0.1, 0.15) is 0 Å². The summed E-state index contributed by atoms with van der Waals surface area (Å²) in [5.41, 5.74) is 6.35. The Labute approximate surface area is 232 Å². The normalized spacial score (nSPS) is 12.1. The Kier molecular flexibility index (Phi) is 4.43. The molecular weight excluding hydrogens is 511 g/mol. The molecule has 3 heterocycles. The first kappa shape index (κ1) is 21.5. The van der Waals surface area contributed by atoms with Crippen LogP contribution in [0, 0.1) is 0 Å². The Morgan fingerprint density at radius 1 is 0.385 bits per heavy atom. The summed E-state index contributed by atoms with van der Waals surface area (Å²) < 4.78 is 7.80. The first-order valence-electron chi connectivity index (χ1n) is 13.2. The van der Waals surface area contributed by atoms with E-state index in [1.54, 1.807) is 0 Å². The third-order valence-corrected chi connectivity index (χ3v) is 10.4. The minimum atomic E-state index is 1.21. The third-order valence-electron chi connectivity index (χ3n) is 8.02. The molecule has 6 aromatic carbocycles. The molecule has 0 spiro atoms. The molecule has 0 aliphatic rings. The average molecular weight is 532 g/mol. The highest BCUT2D eigenvalue weighted by Crippen LogP contribution is 2.45. The van der Waals surface area contributed by atoms with Crippen molar-refractivity contribution >= 4 is 84.8 Å². The molecule has 3 aromatic heterocycles. The van der Waals surface area contributed by atoms with Gasteiger partial charge in [0, 0.05) is 67.9 Å². The van der Waals surface area contributed by atoms with Crippen LogP contribution in [0.5, 0.6) is 0 Å². The fourth-order valence-electron chi connectivity index (χ4n) is 6.30. The number of benzene rings is 6. The van der Waals surface area contributed by atoms with E-state index in [1.807, 2.05) is 22.7 Å². The van der Waals surface area contributed by atoms with Crippen LogP contribution in [0.15, 0.2) is 127 Å². The van der Waals surface area contributed by atoms with Gasteiger partial charge in [-0.25, -0.2) is 0 Å². The molecule has 0 amide bonds. The summed E-state index contributed by atoms with van der Waals surface area (Å²) in [5.74, 6) is 0. The summed E-state index contributed by atoms with van der Waals surface area (Å²) >= 11 is 3.81. The van der Waals surface area contributed by atoms with E-state index < -0.39 is 0 Å². The van der Waals surface area contributed by atoms with Crippen LogP contribution < -0.4 is 0 Å². The van der Waals surface area contributed by atoms with Crippen LogP contribution in [0.1, 0.15) is 0 Å². The van der Waals surface area contributed by atoms with Crippen molar-refractivity contribution in [3.05, 3.63) is 127 Å². The molecule has 0 saturated carbocycles. The Balaban J connectivity index is 1.30. The van der Waals surface area contributed by atoms with Gasteiger partial charge in [0.25, 0.3) is 0 Å². The lowest BCUT2D eigenvalue weighted by molar-refractivity contribution is 1.19. The molecule has 0 N–H and O–H groups in total. The summed E-state index contributed by atoms with van der Waals surface area (Å²) in [7, 11) is 0. The van der Waals surface area contributed by atoms with E-state index in [0.717, 1.165) is 0 Å². The van der Waals surface area contributed by atoms with E-state index in [2.05, 4.69) is 132 Å². The molecule has 1 nitrogen and oxygen atoms in total. The van der Waals surface area contributed by atoms with Gasteiger partial charge in [-0.05, 0) is 30.3 Å². The van der Waals surface area contributed by atoms with Crippen LogP contribution in [0.2, 0.25) is 0 Å². The number of thiophene rings is 2. The topological polar surface area (TPSA) is 4.93 Å². The van der Waals surface area contributed by atoms with Gasteiger partial charge in [-0.1, -0.05) is 97.1 Å². The largest absolute Gasteiger partial charge is 0.309 e. The Morgan fingerprint density at radius 2 is 0.897 bits per heavy atom. The predicted octanol–water partition coefficient (Wildman–Crippen LogP) is 11.2. The lowest BCUT2D eigenvalue weighted by Gasteiger charge is -2.08. The zero-order valence-electron chi connectivity index (χ0n) is 20.9. The smallest absolute Gasteiger partial charge is 0.0541 e. The van der Waals surface area contributed by atoms with Gasteiger partial charge in [0.15, 0.2) is 0 Å². The monoisotopic (exact) mass is 531 g/mol. The lowest BCUT2D eigenvalue weighted by atomic mass is 10.0. The number of aromatic nitrogens is 1. The number of rotatable bonds is 2. The molecule has 0 saturated heterocycles. The molecule has 39 heavy (non-hydrogen) atoms. The van der Waals surface area contributed by atoms with Crippen LogP contribution in [-0.2, 0) is 0 Å². The molecule has 9 rings (SSSR count). The van der Waals surface area contributed by atoms with E-state index in [4.69, 9.17) is 0 Å². The van der Waals surface area contributed by atoms with Gasteiger partial charge >= 0.3 is 0 Å². The second-order valence-corrected chi connectivity index (χ2v) is 12.2. The molecule has 0 atom stereocenters. The highest BCUT2D eigenvalue weighted by molar-refractivity contribution is 7.27. The van der Waals surface area contributed by atoms with Crippen LogP contribution in [0.3, 0.4) is 0 Å². The number of hydrogen-bond donors (Lipinski definition) is 0. The molecule has 182 valence electrons. The minimum Gasteiger partial charge on any atom is -0.309 e. The van der Waals surface area contributed by atoms with Gasteiger partial charge in [-0.15, -0.1) is 22.7 Å². The Morgan fingerprint density at radius 3 is 1.56 bits per heavy atom. The van der Waals surface area contributed by atoms with E-state index in [-0.39, 0.29) is 0 Å². The average Bonchev–Trinajstić information content (AvgIpc) is 3.66. The molecule has 9 aromatic rings. The third kappa shape index (κ3) is 3.00. The second-order valence-electron chi connectivity index (χ2n) is 10.1. The van der Waals surface area contributed by atoms with E-state index >= 15 is 0 Å². The molecule has 0 unspecified atom stereocenters. The first-order chi connectivity index (χ1) is 19.3. The van der Waals surface area contributed by atoms with Crippen LogP contribution in [0.25, 0.3) is 79.0 Å². The summed E-state index contributed by atoms with van der Waals surface area (Å²) in [5, 5.41) is 7.94. The molecule has 0 fully saturated rings. The summed E-state index contributed by atoms with van der Waals surface area (Å²) in [6, 6.07) is 46.8. The van der Waals surface area contributed by atoms with Crippen LogP contribution >= 0.6 is 22.7 Å². The molecule has 0 radical (unpaired) electrons. The highest BCUT2D eigenvalue weighted by Gasteiger charge is 2.16. The maximum Gasteiger partial charge on any atom is 0.0541 e. The van der Waals surface area contributed by atoms with Crippen molar-refractivity contribution in [3.8, 4) is 16.8 Å². The van der Waals surface area contributed by atoms with Crippen molar-refractivity contribution in [3.63, 3.8) is 0 Å². The predicted molar refractivity (Wildman–Crippen MR) is 172 cm³/mol. The van der Waals surface area contributed by atoms with Crippen molar-refractivity contribution in [2.24, 2.45) is 0 Å². The number of para-hydroxylation sites is 2. The number of nitrogens with zero attached hydrogens (tertiary/aromatic N) is 1. The molecular formula is C36H21NS2.